The highest BCUT2D eigenvalue weighted by Gasteiger charge is 2.29. The third-order valence-electron chi connectivity index (χ3n) is 8.09. The first-order valence-electron chi connectivity index (χ1n) is 14.8. The molecule has 6 heterocycles. The number of likely N-dealkylation sites (tertiary alicyclic amines) is 1. The zero-order valence-corrected chi connectivity index (χ0v) is 24.4. The number of aromatic nitrogens is 5. The molecular formula is C31H35FN10O. The number of hydrogen-bond acceptors (Lipinski definition) is 9. The van der Waals surface area contributed by atoms with Crippen molar-refractivity contribution in [2.45, 2.75) is 58.0 Å². The van der Waals surface area contributed by atoms with E-state index in [9.17, 15) is 4.79 Å². The number of aryl methyl sites for hydroxylation is 2. The van der Waals surface area contributed by atoms with Gasteiger partial charge in [-0.3, -0.25) is 9.78 Å². The van der Waals surface area contributed by atoms with Crippen LogP contribution in [0, 0.1) is 31.0 Å². The summed E-state index contributed by atoms with van der Waals surface area (Å²) in [5.74, 6) is 0.0326. The van der Waals surface area contributed by atoms with Crippen molar-refractivity contribution in [2.75, 3.05) is 41.7 Å². The molecule has 0 aromatic carbocycles. The average Bonchev–Trinajstić information content (AvgIpc) is 3.43. The summed E-state index contributed by atoms with van der Waals surface area (Å²) in [6.07, 6.45) is 6.53. The third-order valence-corrected chi connectivity index (χ3v) is 8.09. The summed E-state index contributed by atoms with van der Waals surface area (Å²) in [6, 6.07) is 11.8. The number of nitrogens with one attached hydrogen (secondary N) is 2. The number of carbonyl (C=O) groups excluding carboxylic acids is 1. The second kappa shape index (κ2) is 12.2. The predicted octanol–water partition coefficient (Wildman–Crippen LogP) is 4.34. The van der Waals surface area contributed by atoms with Crippen LogP contribution >= 0.6 is 0 Å². The lowest BCUT2D eigenvalue weighted by molar-refractivity contribution is -0.131. The predicted molar refractivity (Wildman–Crippen MR) is 162 cm³/mol. The Bertz CT molecular complexity index is 1650. The lowest BCUT2D eigenvalue weighted by atomic mass is 10.0. The number of hydrogen-bond donors (Lipinski definition) is 2. The quantitative estimate of drug-likeness (QED) is 0.327. The number of pyridine rings is 2. The Balaban J connectivity index is 1.27. The average molecular weight is 583 g/mol. The van der Waals surface area contributed by atoms with Gasteiger partial charge in [-0.05, 0) is 63.8 Å². The molecule has 0 bridgehead atoms. The fourth-order valence-electron chi connectivity index (χ4n) is 6.05. The van der Waals surface area contributed by atoms with Crippen molar-refractivity contribution in [1.82, 2.24) is 29.5 Å². The number of halogens is 1. The van der Waals surface area contributed by atoms with E-state index < -0.39 is 5.82 Å². The number of nitrogens with zero attached hydrogens (tertiary/aromatic N) is 8. The fraction of sp³-hybridized carbons (Fsp3) is 0.419. The van der Waals surface area contributed by atoms with Crippen molar-refractivity contribution >= 4 is 28.7 Å². The Morgan fingerprint density at radius 1 is 1.05 bits per heavy atom. The van der Waals surface area contributed by atoms with Crippen molar-refractivity contribution < 1.29 is 9.18 Å². The minimum Gasteiger partial charge on any atom is -0.382 e. The van der Waals surface area contributed by atoms with Gasteiger partial charge < -0.3 is 20.4 Å². The van der Waals surface area contributed by atoms with Gasteiger partial charge in [-0.2, -0.15) is 14.8 Å². The number of fused-ring (bicyclic) bond motifs is 1. The summed E-state index contributed by atoms with van der Waals surface area (Å²) in [6.45, 7) is 6.20. The lowest BCUT2D eigenvalue weighted by Gasteiger charge is -2.35. The smallest absolute Gasteiger partial charge is 0.236 e. The van der Waals surface area contributed by atoms with Crippen LogP contribution in [0.3, 0.4) is 0 Å². The number of amides is 1. The first kappa shape index (κ1) is 28.3. The molecule has 0 radical (unpaired) electrons. The van der Waals surface area contributed by atoms with Crippen LogP contribution < -0.4 is 15.5 Å². The third kappa shape index (κ3) is 6.21. The largest absolute Gasteiger partial charge is 0.382 e. The van der Waals surface area contributed by atoms with Gasteiger partial charge in [0.1, 0.15) is 6.42 Å². The van der Waals surface area contributed by atoms with Crippen molar-refractivity contribution in [2.24, 2.45) is 0 Å². The first-order valence-corrected chi connectivity index (χ1v) is 14.8. The van der Waals surface area contributed by atoms with Crippen molar-refractivity contribution in [3.63, 3.8) is 0 Å². The first-order chi connectivity index (χ1) is 20.9. The number of anilines is 3. The Morgan fingerprint density at radius 2 is 1.84 bits per heavy atom. The molecule has 0 spiro atoms. The van der Waals surface area contributed by atoms with Gasteiger partial charge in [0, 0.05) is 61.5 Å². The van der Waals surface area contributed by atoms with Gasteiger partial charge in [-0.25, -0.2) is 14.5 Å². The zero-order chi connectivity index (χ0) is 29.9. The van der Waals surface area contributed by atoms with Crippen molar-refractivity contribution in [3.05, 3.63) is 59.9 Å². The highest BCUT2D eigenvalue weighted by molar-refractivity contribution is 5.79. The molecule has 2 aliphatic heterocycles. The van der Waals surface area contributed by atoms with Crippen LogP contribution in [0.15, 0.2) is 42.7 Å². The fourth-order valence-corrected chi connectivity index (χ4v) is 6.05. The summed E-state index contributed by atoms with van der Waals surface area (Å²) in [5, 5.41) is 20.3. The number of nitriles is 1. The maximum Gasteiger partial charge on any atom is 0.236 e. The molecule has 11 nitrogen and oxygen atoms in total. The Kier molecular flexibility index (Phi) is 8.05. The second-order valence-corrected chi connectivity index (χ2v) is 11.3. The van der Waals surface area contributed by atoms with E-state index in [-0.39, 0.29) is 36.0 Å². The molecule has 6 rings (SSSR count). The normalized spacial score (nSPS) is 17.6. The van der Waals surface area contributed by atoms with Crippen LogP contribution in [-0.4, -0.2) is 73.6 Å². The van der Waals surface area contributed by atoms with Gasteiger partial charge in [0.15, 0.2) is 17.5 Å². The highest BCUT2D eigenvalue weighted by atomic mass is 19.1. The van der Waals surface area contributed by atoms with Gasteiger partial charge in [0.05, 0.1) is 23.3 Å². The van der Waals surface area contributed by atoms with Gasteiger partial charge in [0.2, 0.25) is 11.7 Å². The minimum atomic E-state index is -0.507. The van der Waals surface area contributed by atoms with Crippen LogP contribution in [0.5, 0.6) is 0 Å². The van der Waals surface area contributed by atoms with Gasteiger partial charge in [-0.1, -0.05) is 6.07 Å². The molecule has 4 aromatic heterocycles. The van der Waals surface area contributed by atoms with Gasteiger partial charge in [0.25, 0.3) is 0 Å². The maximum atomic E-state index is 16.3. The molecule has 222 valence electrons. The van der Waals surface area contributed by atoms with Crippen molar-refractivity contribution in [1.29, 1.82) is 5.26 Å². The second-order valence-electron chi connectivity index (χ2n) is 11.3. The molecule has 2 saturated heterocycles. The molecule has 4 aromatic rings. The Hall–Kier alpha value is -4.79. The van der Waals surface area contributed by atoms with Crippen LogP contribution in [-0.2, 0) is 4.79 Å². The van der Waals surface area contributed by atoms with E-state index in [0.717, 1.165) is 48.3 Å². The highest BCUT2D eigenvalue weighted by Crippen LogP contribution is 2.32. The molecule has 2 fully saturated rings. The summed E-state index contributed by atoms with van der Waals surface area (Å²) < 4.78 is 18.0. The zero-order valence-electron chi connectivity index (χ0n) is 24.4. The van der Waals surface area contributed by atoms with Crippen LogP contribution in [0.4, 0.5) is 21.7 Å². The lowest BCUT2D eigenvalue weighted by Crippen LogP contribution is -2.45. The standard InChI is InChI=1S/C31H35FN10O/c1-20-16-24(17-21(2)35-20)36-22-9-14-40(15-10-22)31-28(32)30(37-23-6-5-12-41(19-23)27(43)8-11-33)38-29(39-31)25-18-34-42-13-4-3-7-26(25)42/h3-4,7,13,16-18,22-23H,5-6,8-10,12,14-15,19H2,1-2H3,(H,35,36)(H,37,38,39)/t23-/m1/s1. The minimum absolute atomic E-state index is 0.109. The Labute approximate surface area is 249 Å². The maximum absolute atomic E-state index is 16.3. The van der Waals surface area contributed by atoms with Crippen LogP contribution in [0.1, 0.15) is 43.5 Å². The molecule has 0 saturated carbocycles. The van der Waals surface area contributed by atoms with E-state index in [1.165, 1.54) is 0 Å². The topological polar surface area (TPSA) is 127 Å². The van der Waals surface area contributed by atoms with E-state index in [1.54, 1.807) is 15.6 Å². The molecule has 0 unspecified atom stereocenters. The van der Waals surface area contributed by atoms with Gasteiger partial charge >= 0.3 is 0 Å². The molecule has 1 amide bonds. The number of carbonyl (C=O) groups is 1. The summed E-state index contributed by atoms with van der Waals surface area (Å²) in [5.41, 5.74) is 4.52. The molecular weight excluding hydrogens is 547 g/mol. The number of piperidine rings is 2. The van der Waals surface area contributed by atoms with E-state index in [1.807, 2.05) is 61.3 Å². The summed E-state index contributed by atoms with van der Waals surface area (Å²) >= 11 is 0. The van der Waals surface area contributed by atoms with E-state index in [2.05, 4.69) is 25.7 Å². The number of rotatable bonds is 7. The molecule has 12 heteroatoms. The Morgan fingerprint density at radius 3 is 2.60 bits per heavy atom. The SMILES string of the molecule is Cc1cc(NC2CCN(c3nc(-c4cnn5ccccc45)nc(N[C@@H]4CCCN(C(=O)CC#N)C4)c3F)CC2)cc(C)n1. The van der Waals surface area contributed by atoms with Crippen molar-refractivity contribution in [3.8, 4) is 17.5 Å². The van der Waals surface area contributed by atoms with Crippen LogP contribution in [0.2, 0.25) is 0 Å². The molecule has 1 atom stereocenters. The van der Waals surface area contributed by atoms with E-state index >= 15 is 4.39 Å². The van der Waals surface area contributed by atoms with Crippen LogP contribution in [0.25, 0.3) is 16.9 Å². The van der Waals surface area contributed by atoms with E-state index in [0.29, 0.717) is 37.6 Å². The molecule has 43 heavy (non-hydrogen) atoms. The van der Waals surface area contributed by atoms with E-state index in [4.69, 9.17) is 10.2 Å². The monoisotopic (exact) mass is 582 g/mol. The van der Waals surface area contributed by atoms with Gasteiger partial charge in [-0.15, -0.1) is 0 Å². The summed E-state index contributed by atoms with van der Waals surface area (Å²) in [7, 11) is 0. The molecule has 2 N–H and O–H groups in total. The molecule has 0 aliphatic carbocycles. The summed E-state index contributed by atoms with van der Waals surface area (Å²) in [4.78, 5) is 29.9. The molecule has 2 aliphatic rings.